The van der Waals surface area contributed by atoms with Crippen molar-refractivity contribution in [1.82, 2.24) is 0 Å². The van der Waals surface area contributed by atoms with E-state index >= 15 is 0 Å². The molecule has 16 heavy (non-hydrogen) atoms. The van der Waals surface area contributed by atoms with Crippen molar-refractivity contribution in [2.45, 2.75) is 59.2 Å². The van der Waals surface area contributed by atoms with E-state index in [0.29, 0.717) is 12.2 Å². The van der Waals surface area contributed by atoms with Gasteiger partial charge >= 0.3 is 0 Å². The van der Waals surface area contributed by atoms with Gasteiger partial charge in [-0.05, 0) is 51.9 Å². The van der Waals surface area contributed by atoms with E-state index in [1.807, 2.05) is 0 Å². The van der Waals surface area contributed by atoms with Crippen LogP contribution in [0.2, 0.25) is 0 Å². The molecule has 0 bridgehead atoms. The summed E-state index contributed by atoms with van der Waals surface area (Å²) < 4.78 is 6.19. The molecule has 1 heteroatoms. The second kappa shape index (κ2) is 4.75. The summed E-state index contributed by atoms with van der Waals surface area (Å²) in [6, 6.07) is 0. The molecular weight excluding hydrogens is 196 g/mol. The van der Waals surface area contributed by atoms with Gasteiger partial charge in [0.2, 0.25) is 0 Å². The number of hydrogen-bond acceptors (Lipinski definition) is 1. The van der Waals surface area contributed by atoms with E-state index in [0.717, 1.165) is 11.8 Å². The lowest BCUT2D eigenvalue weighted by atomic mass is 9.75. The largest absolute Gasteiger partial charge is 0.367 e. The van der Waals surface area contributed by atoms with Gasteiger partial charge in [0.25, 0.3) is 0 Å². The number of hydrogen-bond donors (Lipinski definition) is 0. The van der Waals surface area contributed by atoms with Gasteiger partial charge in [0.05, 0.1) is 12.2 Å². The van der Waals surface area contributed by atoms with Crippen molar-refractivity contribution in [3.63, 3.8) is 0 Å². The fourth-order valence-electron chi connectivity index (χ4n) is 3.07. The second-order valence-corrected chi connectivity index (χ2v) is 5.81. The van der Waals surface area contributed by atoms with Crippen molar-refractivity contribution in [2.75, 3.05) is 0 Å². The molecule has 1 saturated heterocycles. The fourth-order valence-corrected chi connectivity index (χ4v) is 3.07. The highest BCUT2D eigenvalue weighted by Crippen LogP contribution is 2.38. The van der Waals surface area contributed by atoms with E-state index in [1.54, 1.807) is 0 Å². The van der Waals surface area contributed by atoms with Crippen LogP contribution in [0.3, 0.4) is 0 Å². The normalized spacial score (nSPS) is 38.6. The molecule has 0 amide bonds. The summed E-state index contributed by atoms with van der Waals surface area (Å²) in [5, 5.41) is 0. The molecule has 0 aromatic carbocycles. The Morgan fingerprint density at radius 1 is 1.44 bits per heavy atom. The van der Waals surface area contributed by atoms with Gasteiger partial charge in [-0.3, -0.25) is 0 Å². The van der Waals surface area contributed by atoms with Crippen molar-refractivity contribution in [3.8, 4) is 0 Å². The summed E-state index contributed by atoms with van der Waals surface area (Å²) in [7, 11) is 0. The highest BCUT2D eigenvalue weighted by atomic mass is 16.5. The average molecular weight is 220 g/mol. The molecule has 0 N–H and O–H groups in total. The Bertz CT molecular complexity index is 309. The molecule has 1 fully saturated rings. The average Bonchev–Trinajstić information content (AvgIpc) is 2.15. The van der Waals surface area contributed by atoms with Crippen LogP contribution in [0.5, 0.6) is 0 Å². The molecule has 0 aromatic rings. The standard InChI is InChI=1S/C15H24O/c1-10(2)7-13-9-12(4)14-6-5-11(3)8-15(14)16-13/h7-8,12-15H,5-6,9H2,1-4H3. The molecule has 90 valence electrons. The van der Waals surface area contributed by atoms with Crippen molar-refractivity contribution in [1.29, 1.82) is 0 Å². The van der Waals surface area contributed by atoms with E-state index in [1.165, 1.54) is 30.4 Å². The summed E-state index contributed by atoms with van der Waals surface area (Å²) in [5.41, 5.74) is 2.87. The van der Waals surface area contributed by atoms with Gasteiger partial charge in [-0.25, -0.2) is 0 Å². The van der Waals surface area contributed by atoms with Crippen LogP contribution in [-0.2, 0) is 4.74 Å². The maximum atomic E-state index is 6.19. The zero-order chi connectivity index (χ0) is 11.7. The minimum atomic E-state index is 0.336. The predicted molar refractivity (Wildman–Crippen MR) is 68.4 cm³/mol. The van der Waals surface area contributed by atoms with Gasteiger partial charge in [-0.2, -0.15) is 0 Å². The Labute approximate surface area is 99.6 Å². The van der Waals surface area contributed by atoms with Crippen LogP contribution < -0.4 is 0 Å². The summed E-state index contributed by atoms with van der Waals surface area (Å²) in [6.45, 7) is 8.93. The van der Waals surface area contributed by atoms with Crippen molar-refractivity contribution >= 4 is 0 Å². The Kier molecular flexibility index (Phi) is 3.53. The van der Waals surface area contributed by atoms with E-state index in [9.17, 15) is 0 Å². The minimum Gasteiger partial charge on any atom is -0.367 e. The van der Waals surface area contributed by atoms with E-state index in [4.69, 9.17) is 4.74 Å². The van der Waals surface area contributed by atoms with Crippen LogP contribution in [0.1, 0.15) is 47.0 Å². The van der Waals surface area contributed by atoms with Crippen molar-refractivity contribution in [2.24, 2.45) is 11.8 Å². The molecule has 1 aliphatic heterocycles. The highest BCUT2D eigenvalue weighted by molar-refractivity contribution is 5.12. The van der Waals surface area contributed by atoms with Gasteiger partial charge in [-0.1, -0.05) is 30.2 Å². The summed E-state index contributed by atoms with van der Waals surface area (Å²) >= 11 is 0. The maximum absolute atomic E-state index is 6.19. The molecule has 1 aliphatic carbocycles. The van der Waals surface area contributed by atoms with E-state index < -0.39 is 0 Å². The van der Waals surface area contributed by atoms with Crippen LogP contribution in [0, 0.1) is 11.8 Å². The lowest BCUT2D eigenvalue weighted by Gasteiger charge is -2.41. The Balaban J connectivity index is 2.11. The molecular formula is C15H24O. The summed E-state index contributed by atoms with van der Waals surface area (Å²) in [5.74, 6) is 1.55. The highest BCUT2D eigenvalue weighted by Gasteiger charge is 2.35. The smallest absolute Gasteiger partial charge is 0.0797 e. The van der Waals surface area contributed by atoms with Gasteiger partial charge in [0, 0.05) is 0 Å². The lowest BCUT2D eigenvalue weighted by molar-refractivity contribution is -0.0674. The minimum absolute atomic E-state index is 0.336. The quantitative estimate of drug-likeness (QED) is 0.604. The first-order valence-corrected chi connectivity index (χ1v) is 6.54. The van der Waals surface area contributed by atoms with Gasteiger partial charge < -0.3 is 4.74 Å². The second-order valence-electron chi connectivity index (χ2n) is 5.81. The predicted octanol–water partition coefficient (Wildman–Crippen LogP) is 4.10. The molecule has 2 aliphatic rings. The van der Waals surface area contributed by atoms with Gasteiger partial charge in [-0.15, -0.1) is 0 Å². The zero-order valence-electron chi connectivity index (χ0n) is 11.0. The lowest BCUT2D eigenvalue weighted by Crippen LogP contribution is -2.40. The fraction of sp³-hybridized carbons (Fsp3) is 0.733. The summed E-state index contributed by atoms with van der Waals surface area (Å²) in [4.78, 5) is 0. The van der Waals surface area contributed by atoms with Crippen LogP contribution in [0.4, 0.5) is 0 Å². The van der Waals surface area contributed by atoms with Gasteiger partial charge in [0.15, 0.2) is 0 Å². The van der Waals surface area contributed by atoms with Crippen LogP contribution in [0.25, 0.3) is 0 Å². The number of rotatable bonds is 1. The van der Waals surface area contributed by atoms with Gasteiger partial charge in [0.1, 0.15) is 0 Å². The molecule has 0 radical (unpaired) electrons. The number of fused-ring (bicyclic) bond motifs is 1. The monoisotopic (exact) mass is 220 g/mol. The third-order valence-corrected chi connectivity index (χ3v) is 3.93. The molecule has 1 heterocycles. The third-order valence-electron chi connectivity index (χ3n) is 3.93. The number of allylic oxidation sites excluding steroid dienone is 2. The van der Waals surface area contributed by atoms with E-state index in [-0.39, 0.29) is 0 Å². The SMILES string of the molecule is CC(C)=CC1CC(C)C2CCC(C)=CC2O1. The molecule has 4 atom stereocenters. The summed E-state index contributed by atoms with van der Waals surface area (Å²) in [6.07, 6.45) is 9.12. The Morgan fingerprint density at radius 2 is 2.19 bits per heavy atom. The molecule has 0 saturated carbocycles. The zero-order valence-corrected chi connectivity index (χ0v) is 11.0. The molecule has 1 nitrogen and oxygen atoms in total. The number of ether oxygens (including phenoxy) is 1. The Hall–Kier alpha value is -0.560. The van der Waals surface area contributed by atoms with Crippen LogP contribution in [0.15, 0.2) is 23.3 Å². The molecule has 0 spiro atoms. The molecule has 4 unspecified atom stereocenters. The first kappa shape index (κ1) is 11.9. The van der Waals surface area contributed by atoms with E-state index in [2.05, 4.69) is 39.8 Å². The third kappa shape index (κ3) is 2.57. The first-order chi connectivity index (χ1) is 7.56. The Morgan fingerprint density at radius 3 is 2.88 bits per heavy atom. The molecule has 2 rings (SSSR count). The van der Waals surface area contributed by atoms with Crippen molar-refractivity contribution in [3.05, 3.63) is 23.3 Å². The van der Waals surface area contributed by atoms with Crippen LogP contribution in [-0.4, -0.2) is 12.2 Å². The first-order valence-electron chi connectivity index (χ1n) is 6.54. The van der Waals surface area contributed by atoms with Crippen LogP contribution >= 0.6 is 0 Å². The van der Waals surface area contributed by atoms with Crippen molar-refractivity contribution < 1.29 is 4.74 Å². The maximum Gasteiger partial charge on any atom is 0.0797 e. The molecule has 0 aromatic heterocycles. The topological polar surface area (TPSA) is 9.23 Å².